The number of hydrogen-bond acceptors (Lipinski definition) is 2. The van der Waals surface area contributed by atoms with Crippen molar-refractivity contribution in [2.75, 3.05) is 0 Å². The van der Waals surface area contributed by atoms with Gasteiger partial charge in [0.05, 0.1) is 0 Å². The lowest BCUT2D eigenvalue weighted by Crippen LogP contribution is -2.25. The summed E-state index contributed by atoms with van der Waals surface area (Å²) in [6.07, 6.45) is 0.545. The second-order valence-electron chi connectivity index (χ2n) is 4.87. The first kappa shape index (κ1) is 13.4. The van der Waals surface area contributed by atoms with E-state index < -0.39 is 5.60 Å². The Balaban J connectivity index is 2.16. The summed E-state index contributed by atoms with van der Waals surface area (Å²) in [7, 11) is 0. The minimum absolute atomic E-state index is 0.545. The average molecular weight is 331 g/mol. The maximum atomic E-state index is 11.1. The molecule has 0 bridgehead atoms. The molecule has 1 aromatic heterocycles. The molecular formula is C17H15BrO2. The van der Waals surface area contributed by atoms with E-state index in [4.69, 9.17) is 4.42 Å². The van der Waals surface area contributed by atoms with E-state index in [-0.39, 0.29) is 0 Å². The molecule has 0 aliphatic rings. The zero-order valence-electron chi connectivity index (χ0n) is 11.1. The van der Waals surface area contributed by atoms with Crippen LogP contribution < -0.4 is 0 Å². The monoisotopic (exact) mass is 330 g/mol. The van der Waals surface area contributed by atoms with Gasteiger partial charge in [-0.3, -0.25) is 0 Å². The van der Waals surface area contributed by atoms with Crippen molar-refractivity contribution in [1.82, 2.24) is 0 Å². The number of fused-ring (bicyclic) bond motifs is 1. The third-order valence-corrected chi connectivity index (χ3v) is 4.14. The van der Waals surface area contributed by atoms with Gasteiger partial charge in [0, 0.05) is 9.86 Å². The SMILES string of the molecule is CCC(O)(c1cccc(Br)c1)c1cc2ccccc2o1. The molecule has 0 spiro atoms. The average Bonchev–Trinajstić information content (AvgIpc) is 2.91. The summed E-state index contributed by atoms with van der Waals surface area (Å²) in [5.74, 6) is 0.583. The molecular weight excluding hydrogens is 316 g/mol. The lowest BCUT2D eigenvalue weighted by atomic mass is 9.88. The van der Waals surface area contributed by atoms with Gasteiger partial charge in [-0.25, -0.2) is 0 Å². The van der Waals surface area contributed by atoms with Crippen molar-refractivity contribution in [3.63, 3.8) is 0 Å². The molecule has 20 heavy (non-hydrogen) atoms. The van der Waals surface area contributed by atoms with E-state index in [9.17, 15) is 5.11 Å². The standard InChI is InChI=1S/C17H15BrO2/c1-2-17(19,13-7-5-8-14(18)11-13)16-10-12-6-3-4-9-15(12)20-16/h3-11,19H,2H2,1H3. The smallest absolute Gasteiger partial charge is 0.147 e. The van der Waals surface area contributed by atoms with E-state index >= 15 is 0 Å². The molecule has 2 nitrogen and oxygen atoms in total. The quantitative estimate of drug-likeness (QED) is 0.745. The predicted octanol–water partition coefficient (Wildman–Crippen LogP) is 4.84. The van der Waals surface area contributed by atoms with Crippen LogP contribution in [-0.4, -0.2) is 5.11 Å². The van der Waals surface area contributed by atoms with Gasteiger partial charge in [-0.2, -0.15) is 0 Å². The fourth-order valence-electron chi connectivity index (χ4n) is 2.45. The van der Waals surface area contributed by atoms with Crippen LogP contribution in [0.15, 0.2) is 63.5 Å². The predicted molar refractivity (Wildman–Crippen MR) is 83.6 cm³/mol. The lowest BCUT2D eigenvalue weighted by molar-refractivity contribution is 0.0544. The van der Waals surface area contributed by atoms with Crippen LogP contribution in [-0.2, 0) is 5.60 Å². The Labute approximate surface area is 126 Å². The fraction of sp³-hybridized carbons (Fsp3) is 0.176. The van der Waals surface area contributed by atoms with Gasteiger partial charge in [0.2, 0.25) is 0 Å². The van der Waals surface area contributed by atoms with Crippen molar-refractivity contribution in [3.8, 4) is 0 Å². The molecule has 3 rings (SSSR count). The summed E-state index contributed by atoms with van der Waals surface area (Å²) in [6, 6.07) is 17.4. The summed E-state index contributed by atoms with van der Waals surface area (Å²) >= 11 is 3.45. The molecule has 102 valence electrons. The van der Waals surface area contributed by atoms with Crippen LogP contribution in [0.25, 0.3) is 11.0 Å². The molecule has 1 atom stereocenters. The molecule has 0 fully saturated rings. The number of furan rings is 1. The normalized spacial score (nSPS) is 14.3. The zero-order chi connectivity index (χ0) is 14.2. The van der Waals surface area contributed by atoms with Crippen molar-refractivity contribution in [2.45, 2.75) is 18.9 Å². The second-order valence-corrected chi connectivity index (χ2v) is 5.79. The lowest BCUT2D eigenvalue weighted by Gasteiger charge is -2.25. The van der Waals surface area contributed by atoms with Crippen LogP contribution in [0.3, 0.4) is 0 Å². The molecule has 0 radical (unpaired) electrons. The highest BCUT2D eigenvalue weighted by Crippen LogP contribution is 2.36. The van der Waals surface area contributed by atoms with Crippen molar-refractivity contribution in [2.24, 2.45) is 0 Å². The fourth-order valence-corrected chi connectivity index (χ4v) is 2.85. The molecule has 0 saturated carbocycles. The Hall–Kier alpha value is -1.58. The minimum Gasteiger partial charge on any atom is -0.458 e. The molecule has 3 aromatic rings. The summed E-state index contributed by atoms with van der Waals surface area (Å²) in [5.41, 5.74) is 0.515. The van der Waals surface area contributed by atoms with Crippen molar-refractivity contribution in [1.29, 1.82) is 0 Å². The number of benzene rings is 2. The maximum Gasteiger partial charge on any atom is 0.147 e. The topological polar surface area (TPSA) is 33.4 Å². The Morgan fingerprint density at radius 2 is 1.90 bits per heavy atom. The largest absolute Gasteiger partial charge is 0.458 e. The van der Waals surface area contributed by atoms with Gasteiger partial charge in [-0.15, -0.1) is 0 Å². The van der Waals surface area contributed by atoms with Crippen molar-refractivity contribution < 1.29 is 9.52 Å². The second kappa shape index (κ2) is 5.08. The maximum absolute atomic E-state index is 11.1. The van der Waals surface area contributed by atoms with Crippen LogP contribution >= 0.6 is 15.9 Å². The minimum atomic E-state index is -1.11. The van der Waals surface area contributed by atoms with Crippen LogP contribution in [0.2, 0.25) is 0 Å². The highest BCUT2D eigenvalue weighted by Gasteiger charge is 2.33. The van der Waals surface area contributed by atoms with Crippen LogP contribution in [0.4, 0.5) is 0 Å². The summed E-state index contributed by atoms with van der Waals surface area (Å²) in [5, 5.41) is 12.1. The van der Waals surface area contributed by atoms with Gasteiger partial charge in [-0.05, 0) is 36.2 Å². The van der Waals surface area contributed by atoms with E-state index in [1.807, 2.05) is 61.5 Å². The molecule has 2 aromatic carbocycles. The first-order valence-corrected chi connectivity index (χ1v) is 7.40. The number of halogens is 1. The van der Waals surface area contributed by atoms with Crippen LogP contribution in [0.5, 0.6) is 0 Å². The number of rotatable bonds is 3. The van der Waals surface area contributed by atoms with Gasteiger partial charge in [0.1, 0.15) is 16.9 Å². The molecule has 0 saturated heterocycles. The van der Waals surface area contributed by atoms with Crippen LogP contribution in [0.1, 0.15) is 24.7 Å². The van der Waals surface area contributed by atoms with Crippen molar-refractivity contribution in [3.05, 3.63) is 70.4 Å². The molecule has 3 heteroatoms. The first-order chi connectivity index (χ1) is 9.63. The Morgan fingerprint density at radius 1 is 1.10 bits per heavy atom. The van der Waals surface area contributed by atoms with Gasteiger partial charge >= 0.3 is 0 Å². The number of hydrogen-bond donors (Lipinski definition) is 1. The molecule has 0 aliphatic heterocycles. The van der Waals surface area contributed by atoms with E-state index in [0.717, 1.165) is 21.0 Å². The van der Waals surface area contributed by atoms with E-state index in [1.54, 1.807) is 0 Å². The molecule has 0 aliphatic carbocycles. The summed E-state index contributed by atoms with van der Waals surface area (Å²) < 4.78 is 6.80. The third kappa shape index (κ3) is 2.17. The Morgan fingerprint density at radius 3 is 2.60 bits per heavy atom. The van der Waals surface area contributed by atoms with E-state index in [0.29, 0.717) is 12.2 Å². The summed E-state index contributed by atoms with van der Waals surface area (Å²) in [4.78, 5) is 0. The van der Waals surface area contributed by atoms with Gasteiger partial charge in [-0.1, -0.05) is 53.2 Å². The molecule has 1 N–H and O–H groups in total. The summed E-state index contributed by atoms with van der Waals surface area (Å²) in [6.45, 7) is 1.95. The van der Waals surface area contributed by atoms with Gasteiger partial charge in [0.15, 0.2) is 0 Å². The molecule has 0 amide bonds. The number of aliphatic hydroxyl groups is 1. The van der Waals surface area contributed by atoms with E-state index in [2.05, 4.69) is 15.9 Å². The van der Waals surface area contributed by atoms with E-state index in [1.165, 1.54) is 0 Å². The van der Waals surface area contributed by atoms with Gasteiger partial charge < -0.3 is 9.52 Å². The molecule has 1 unspecified atom stereocenters. The molecule has 1 heterocycles. The van der Waals surface area contributed by atoms with Crippen LogP contribution in [0, 0.1) is 0 Å². The van der Waals surface area contributed by atoms with Crippen molar-refractivity contribution >= 4 is 26.9 Å². The Kier molecular flexibility index (Phi) is 3.40. The third-order valence-electron chi connectivity index (χ3n) is 3.65. The highest BCUT2D eigenvalue weighted by atomic mass is 79.9. The Bertz CT molecular complexity index is 714. The highest BCUT2D eigenvalue weighted by molar-refractivity contribution is 9.10. The first-order valence-electron chi connectivity index (χ1n) is 6.61. The zero-order valence-corrected chi connectivity index (χ0v) is 12.7. The number of para-hydroxylation sites is 1. The van der Waals surface area contributed by atoms with Gasteiger partial charge in [0.25, 0.3) is 0 Å².